The topological polar surface area (TPSA) is 63.8 Å². The molecule has 0 bridgehead atoms. The molecule has 1 heterocycles. The average Bonchev–Trinajstić information content (AvgIpc) is 2.30. The van der Waals surface area contributed by atoms with Gasteiger partial charge in [-0.3, -0.25) is 0 Å². The van der Waals surface area contributed by atoms with Gasteiger partial charge in [0.15, 0.2) is 0 Å². The van der Waals surface area contributed by atoms with Crippen LogP contribution in [0.4, 0.5) is 11.8 Å². The van der Waals surface area contributed by atoms with Crippen molar-refractivity contribution >= 4 is 27.7 Å². The van der Waals surface area contributed by atoms with Crippen LogP contribution in [-0.4, -0.2) is 16.5 Å². The summed E-state index contributed by atoms with van der Waals surface area (Å²) in [6.45, 7) is 3.28. The first-order valence-corrected chi connectivity index (χ1v) is 7.46. The third-order valence-electron chi connectivity index (χ3n) is 3.69. The van der Waals surface area contributed by atoms with Crippen LogP contribution in [0.2, 0.25) is 0 Å². The van der Waals surface area contributed by atoms with E-state index < -0.39 is 0 Å². The van der Waals surface area contributed by atoms with Crippen molar-refractivity contribution in [1.29, 1.82) is 0 Å². The Morgan fingerprint density at radius 2 is 2.06 bits per heavy atom. The van der Waals surface area contributed by atoms with Gasteiger partial charge in [0.05, 0.1) is 0 Å². The molecule has 4 nitrogen and oxygen atoms in total. The summed E-state index contributed by atoms with van der Waals surface area (Å²) in [5.41, 5.74) is 5.67. The van der Waals surface area contributed by atoms with Crippen LogP contribution in [0.1, 0.15) is 39.0 Å². The second-order valence-corrected chi connectivity index (χ2v) is 6.09. The highest BCUT2D eigenvalue weighted by atomic mass is 79.9. The van der Waals surface area contributed by atoms with Crippen LogP contribution in [0, 0.1) is 11.8 Å². The first kappa shape index (κ1) is 13.6. The Labute approximate surface area is 117 Å². The molecule has 0 saturated heterocycles. The highest BCUT2D eigenvalue weighted by molar-refractivity contribution is 9.10. The highest BCUT2D eigenvalue weighted by Crippen LogP contribution is 2.30. The first-order valence-electron chi connectivity index (χ1n) is 6.67. The number of aromatic nitrogens is 2. The van der Waals surface area contributed by atoms with Gasteiger partial charge in [0.2, 0.25) is 5.95 Å². The predicted molar refractivity (Wildman–Crippen MR) is 78.4 cm³/mol. The second-order valence-electron chi connectivity index (χ2n) is 5.28. The summed E-state index contributed by atoms with van der Waals surface area (Å²) in [6, 6.07) is 1.70. The Morgan fingerprint density at radius 1 is 1.33 bits per heavy atom. The number of nitrogens with zero attached hydrogens (tertiary/aromatic N) is 2. The summed E-state index contributed by atoms with van der Waals surface area (Å²) in [5, 5.41) is 3.25. The van der Waals surface area contributed by atoms with E-state index in [4.69, 9.17) is 5.73 Å². The number of anilines is 2. The van der Waals surface area contributed by atoms with Crippen LogP contribution in [0.15, 0.2) is 10.7 Å². The maximum atomic E-state index is 5.67. The third-order valence-corrected chi connectivity index (χ3v) is 4.09. The lowest BCUT2D eigenvalue weighted by Gasteiger charge is -2.26. The number of hydrogen-bond donors (Lipinski definition) is 2. The van der Waals surface area contributed by atoms with Crippen molar-refractivity contribution in [2.75, 3.05) is 17.6 Å². The van der Waals surface area contributed by atoms with Gasteiger partial charge in [-0.2, -0.15) is 4.98 Å². The molecule has 0 spiro atoms. The van der Waals surface area contributed by atoms with Gasteiger partial charge in [0.1, 0.15) is 10.4 Å². The first-order chi connectivity index (χ1) is 8.63. The average molecular weight is 313 g/mol. The summed E-state index contributed by atoms with van der Waals surface area (Å²) < 4.78 is 0.726. The van der Waals surface area contributed by atoms with Crippen molar-refractivity contribution in [3.8, 4) is 0 Å². The van der Waals surface area contributed by atoms with Crippen molar-refractivity contribution < 1.29 is 0 Å². The molecular weight excluding hydrogens is 292 g/mol. The van der Waals surface area contributed by atoms with E-state index in [0.717, 1.165) is 23.0 Å². The lowest BCUT2D eigenvalue weighted by Crippen LogP contribution is -2.16. The molecule has 1 aliphatic rings. The fraction of sp³-hybridized carbons (Fsp3) is 0.692. The Bertz CT molecular complexity index is 368. The van der Waals surface area contributed by atoms with Gasteiger partial charge in [0, 0.05) is 12.6 Å². The third kappa shape index (κ3) is 4.12. The monoisotopic (exact) mass is 312 g/mol. The van der Waals surface area contributed by atoms with Crippen LogP contribution >= 0.6 is 15.9 Å². The normalized spacial score (nSPS) is 23.9. The summed E-state index contributed by atoms with van der Waals surface area (Å²) in [5.74, 6) is 2.89. The van der Waals surface area contributed by atoms with E-state index >= 15 is 0 Å². The molecule has 100 valence electrons. The molecule has 0 aromatic carbocycles. The van der Waals surface area contributed by atoms with Crippen molar-refractivity contribution in [2.24, 2.45) is 11.8 Å². The lowest BCUT2D eigenvalue weighted by molar-refractivity contribution is 0.282. The van der Waals surface area contributed by atoms with Crippen molar-refractivity contribution in [3.63, 3.8) is 0 Å². The SMILES string of the molecule is CC1CCC(CCNc2nc(N)cc(Br)n2)CC1. The number of hydrogen-bond acceptors (Lipinski definition) is 4. The summed E-state index contributed by atoms with van der Waals surface area (Å²) in [4.78, 5) is 8.40. The molecule has 0 amide bonds. The molecule has 0 radical (unpaired) electrons. The number of nitrogen functional groups attached to an aromatic ring is 1. The van der Waals surface area contributed by atoms with E-state index in [-0.39, 0.29) is 0 Å². The Morgan fingerprint density at radius 3 is 2.72 bits per heavy atom. The molecule has 2 rings (SSSR count). The minimum Gasteiger partial charge on any atom is -0.383 e. The van der Waals surface area contributed by atoms with Crippen molar-refractivity contribution in [3.05, 3.63) is 10.7 Å². The zero-order valence-corrected chi connectivity index (χ0v) is 12.4. The van der Waals surface area contributed by atoms with Crippen LogP contribution < -0.4 is 11.1 Å². The molecule has 0 aliphatic heterocycles. The van der Waals surface area contributed by atoms with Crippen LogP contribution in [0.25, 0.3) is 0 Å². The van der Waals surface area contributed by atoms with Gasteiger partial charge in [-0.1, -0.05) is 32.6 Å². The molecule has 18 heavy (non-hydrogen) atoms. The number of halogens is 1. The smallest absolute Gasteiger partial charge is 0.225 e. The maximum Gasteiger partial charge on any atom is 0.225 e. The number of nitrogens with two attached hydrogens (primary N) is 1. The Kier molecular flexibility index (Phi) is 4.80. The predicted octanol–water partition coefficient (Wildman–Crippen LogP) is 3.45. The fourth-order valence-corrected chi connectivity index (χ4v) is 2.92. The van der Waals surface area contributed by atoms with Crippen LogP contribution in [0.3, 0.4) is 0 Å². The lowest BCUT2D eigenvalue weighted by atomic mass is 9.81. The fourth-order valence-electron chi connectivity index (χ4n) is 2.52. The zero-order chi connectivity index (χ0) is 13.0. The second kappa shape index (κ2) is 6.36. The van der Waals surface area contributed by atoms with Crippen LogP contribution in [0.5, 0.6) is 0 Å². The number of rotatable bonds is 4. The van der Waals surface area contributed by atoms with Gasteiger partial charge in [-0.05, 0) is 34.2 Å². The minimum atomic E-state index is 0.492. The van der Waals surface area contributed by atoms with Gasteiger partial charge >= 0.3 is 0 Å². The highest BCUT2D eigenvalue weighted by Gasteiger charge is 2.17. The van der Waals surface area contributed by atoms with Gasteiger partial charge in [-0.15, -0.1) is 0 Å². The van der Waals surface area contributed by atoms with Gasteiger partial charge in [-0.25, -0.2) is 4.98 Å². The van der Waals surface area contributed by atoms with E-state index in [1.165, 1.54) is 32.1 Å². The molecule has 0 atom stereocenters. The van der Waals surface area contributed by atoms with Gasteiger partial charge < -0.3 is 11.1 Å². The Balaban J connectivity index is 1.74. The molecule has 5 heteroatoms. The molecule has 1 aromatic rings. The molecule has 0 unspecified atom stereocenters. The molecule has 1 aliphatic carbocycles. The standard InChI is InChI=1S/C13H21BrN4/c1-9-2-4-10(5-3-9)6-7-16-13-17-11(14)8-12(15)18-13/h8-10H,2-7H2,1H3,(H3,15,16,17,18). The summed E-state index contributed by atoms with van der Waals surface area (Å²) in [7, 11) is 0. The summed E-state index contributed by atoms with van der Waals surface area (Å²) >= 11 is 3.32. The molecular formula is C13H21BrN4. The maximum absolute atomic E-state index is 5.67. The molecule has 3 N–H and O–H groups in total. The van der Waals surface area contributed by atoms with E-state index in [2.05, 4.69) is 38.1 Å². The molecule has 1 aromatic heterocycles. The minimum absolute atomic E-state index is 0.492. The molecule has 1 fully saturated rings. The quantitative estimate of drug-likeness (QED) is 0.836. The Hall–Kier alpha value is -0.840. The van der Waals surface area contributed by atoms with Crippen molar-refractivity contribution in [1.82, 2.24) is 9.97 Å². The van der Waals surface area contributed by atoms with E-state index in [1.807, 2.05) is 0 Å². The van der Waals surface area contributed by atoms with Crippen LogP contribution in [-0.2, 0) is 0 Å². The summed E-state index contributed by atoms with van der Waals surface area (Å²) in [6.07, 6.45) is 6.69. The van der Waals surface area contributed by atoms with E-state index in [9.17, 15) is 0 Å². The van der Waals surface area contributed by atoms with Crippen molar-refractivity contribution in [2.45, 2.75) is 39.0 Å². The van der Waals surface area contributed by atoms with Gasteiger partial charge in [0.25, 0.3) is 0 Å². The largest absolute Gasteiger partial charge is 0.383 e. The molecule has 1 saturated carbocycles. The zero-order valence-electron chi connectivity index (χ0n) is 10.8. The number of nitrogens with one attached hydrogen (secondary N) is 1. The van der Waals surface area contributed by atoms with E-state index in [1.54, 1.807) is 6.07 Å². The van der Waals surface area contributed by atoms with E-state index in [0.29, 0.717) is 11.8 Å².